The van der Waals surface area contributed by atoms with Crippen molar-refractivity contribution >= 4 is 0 Å². The van der Waals surface area contributed by atoms with E-state index in [2.05, 4.69) is 42.4 Å². The Labute approximate surface area is 250 Å². The Kier molecular flexibility index (Phi) is 9.29. The summed E-state index contributed by atoms with van der Waals surface area (Å²) in [6, 6.07) is 13.9. The Bertz CT molecular complexity index is 1630. The third kappa shape index (κ3) is 7.81. The third-order valence-electron chi connectivity index (χ3n) is 7.13. The topological polar surface area (TPSA) is 118 Å². The molecule has 0 amide bonds. The van der Waals surface area contributed by atoms with Gasteiger partial charge in [0.05, 0.1) is 18.8 Å². The first-order chi connectivity index (χ1) is 21.2. The highest BCUT2D eigenvalue weighted by molar-refractivity contribution is 5.59. The van der Waals surface area contributed by atoms with E-state index in [4.69, 9.17) is 14.0 Å². The Morgan fingerprint density at radius 3 is 2.74 bits per heavy atom. The van der Waals surface area contributed by atoms with Crippen molar-refractivity contribution in [2.75, 3.05) is 13.2 Å². The molecule has 0 saturated carbocycles. The van der Waals surface area contributed by atoms with Crippen LogP contribution in [0, 0.1) is 11.8 Å². The normalized spacial score (nSPS) is 15.6. The van der Waals surface area contributed by atoms with E-state index in [1.165, 1.54) is 6.33 Å². The second kappa shape index (κ2) is 14.0. The lowest BCUT2D eigenvalue weighted by Crippen LogP contribution is -2.24. The largest absolute Gasteiger partial charge is 0.356 e. The molecule has 4 aromatic heterocycles. The smallest absolute Gasteiger partial charge is 0.167 e. The molecule has 0 spiro atoms. The molecule has 0 aliphatic carbocycles. The number of nitrogens with zero attached hydrogens (tertiary/aromatic N) is 7. The van der Waals surface area contributed by atoms with Crippen molar-refractivity contribution in [3.05, 3.63) is 102 Å². The van der Waals surface area contributed by atoms with Gasteiger partial charge in [-0.2, -0.15) is 5.10 Å². The highest BCUT2D eigenvalue weighted by Gasteiger charge is 2.21. The molecule has 0 radical (unpaired) electrons. The van der Waals surface area contributed by atoms with Gasteiger partial charge in [-0.05, 0) is 62.6 Å². The second-order valence-corrected chi connectivity index (χ2v) is 10.4. The lowest BCUT2D eigenvalue weighted by Gasteiger charge is -2.26. The molecule has 0 bridgehead atoms. The number of aromatic nitrogens is 7. The molecule has 1 aliphatic heterocycles. The first-order valence-corrected chi connectivity index (χ1v) is 14.5. The summed E-state index contributed by atoms with van der Waals surface area (Å²) in [6.07, 6.45) is 11.5. The summed E-state index contributed by atoms with van der Waals surface area (Å²) >= 11 is 0. The molecule has 5 aromatic rings. The van der Waals surface area contributed by atoms with Crippen molar-refractivity contribution < 1.29 is 14.0 Å². The molecule has 220 valence electrons. The molecule has 43 heavy (non-hydrogen) atoms. The Morgan fingerprint density at radius 1 is 1.07 bits per heavy atom. The van der Waals surface area contributed by atoms with E-state index in [0.29, 0.717) is 18.8 Å². The Balaban J connectivity index is 1.01. The molecular weight excluding hydrogens is 544 g/mol. The zero-order valence-corrected chi connectivity index (χ0v) is 24.1. The molecule has 1 aliphatic rings. The molecule has 1 aromatic carbocycles. The minimum atomic E-state index is -0.189. The summed E-state index contributed by atoms with van der Waals surface area (Å²) < 4.78 is 21.3. The van der Waals surface area contributed by atoms with Crippen LogP contribution in [-0.2, 0) is 29.1 Å². The zero-order chi connectivity index (χ0) is 29.3. The predicted molar refractivity (Wildman–Crippen MR) is 158 cm³/mol. The number of hydrogen-bond donors (Lipinski definition) is 1. The van der Waals surface area contributed by atoms with Crippen molar-refractivity contribution in [1.29, 1.82) is 0 Å². The van der Waals surface area contributed by atoms with Crippen LogP contribution in [0.2, 0.25) is 0 Å². The minimum absolute atomic E-state index is 0.174. The van der Waals surface area contributed by atoms with Crippen molar-refractivity contribution in [1.82, 2.24) is 39.8 Å². The van der Waals surface area contributed by atoms with Gasteiger partial charge in [0.2, 0.25) is 0 Å². The molecule has 1 saturated heterocycles. The van der Waals surface area contributed by atoms with E-state index in [1.807, 2.05) is 60.2 Å². The van der Waals surface area contributed by atoms with Crippen LogP contribution in [0.4, 0.5) is 0 Å². The average molecular weight is 579 g/mol. The number of ether oxygens (including phenoxy) is 2. The second-order valence-electron chi connectivity index (χ2n) is 10.4. The lowest BCUT2D eigenvalue weighted by atomic mass is 10.1. The van der Waals surface area contributed by atoms with E-state index in [1.54, 1.807) is 23.4 Å². The van der Waals surface area contributed by atoms with Crippen molar-refractivity contribution in [3.63, 3.8) is 0 Å². The highest BCUT2D eigenvalue weighted by Crippen LogP contribution is 2.25. The summed E-state index contributed by atoms with van der Waals surface area (Å²) in [6.45, 7) is 5.52. The molecule has 6 rings (SSSR count). The molecule has 1 N–H and O–H groups in total. The van der Waals surface area contributed by atoms with Gasteiger partial charge in [-0.25, -0.2) is 9.97 Å². The maximum Gasteiger partial charge on any atom is 0.167 e. The molecule has 11 heteroatoms. The standard InChI is InChI=1S/C32H34N8O3/c1-24(42-31-4-2-3-17-41-31)32-35-14-15-39(32)21-29-18-30(43-38-29)27-10-7-25(8-11-27)5-6-26-9-12-28(36-19-26)20-33-13-16-40-23-34-22-37-40/h7-12,14-15,18-19,22-24,31,33H,2-4,13,16-17,20-21H2,1H3/t24-,31?/m0/s1. The van der Waals surface area contributed by atoms with Crippen LogP contribution < -0.4 is 5.32 Å². The number of hydrogen-bond acceptors (Lipinski definition) is 9. The van der Waals surface area contributed by atoms with Crippen molar-refractivity contribution in [2.45, 2.75) is 58.2 Å². The molecule has 1 fully saturated rings. The minimum Gasteiger partial charge on any atom is -0.356 e. The van der Waals surface area contributed by atoms with Gasteiger partial charge in [-0.3, -0.25) is 9.67 Å². The molecule has 11 nitrogen and oxygen atoms in total. The highest BCUT2D eigenvalue weighted by atomic mass is 16.7. The fourth-order valence-corrected chi connectivity index (χ4v) is 4.84. The maximum absolute atomic E-state index is 6.11. The zero-order valence-electron chi connectivity index (χ0n) is 24.1. The number of imidazole rings is 1. The van der Waals surface area contributed by atoms with Crippen LogP contribution in [0.3, 0.4) is 0 Å². The quantitative estimate of drug-likeness (QED) is 0.180. The van der Waals surface area contributed by atoms with Crippen LogP contribution >= 0.6 is 0 Å². The number of rotatable bonds is 11. The van der Waals surface area contributed by atoms with Crippen molar-refractivity contribution in [2.24, 2.45) is 0 Å². The van der Waals surface area contributed by atoms with Gasteiger partial charge in [0.1, 0.15) is 30.3 Å². The van der Waals surface area contributed by atoms with E-state index in [-0.39, 0.29) is 12.4 Å². The van der Waals surface area contributed by atoms with Crippen LogP contribution in [0.5, 0.6) is 0 Å². The summed E-state index contributed by atoms with van der Waals surface area (Å²) in [5, 5.41) is 11.7. The fraction of sp³-hybridized carbons (Fsp3) is 0.344. The Hall–Kier alpha value is -4.63. The number of pyridine rings is 1. The van der Waals surface area contributed by atoms with Crippen molar-refractivity contribution in [3.8, 4) is 23.2 Å². The average Bonchev–Trinajstić information content (AvgIpc) is 3.83. The molecule has 2 atom stereocenters. The first-order valence-electron chi connectivity index (χ1n) is 14.5. The molecular formula is C32H34N8O3. The third-order valence-corrected chi connectivity index (χ3v) is 7.13. The van der Waals surface area contributed by atoms with Crippen LogP contribution in [-0.4, -0.2) is 53.9 Å². The predicted octanol–water partition coefficient (Wildman–Crippen LogP) is 4.37. The van der Waals surface area contributed by atoms with Gasteiger partial charge < -0.3 is 23.9 Å². The van der Waals surface area contributed by atoms with Gasteiger partial charge in [-0.15, -0.1) is 0 Å². The maximum atomic E-state index is 6.11. The van der Waals surface area contributed by atoms with E-state index in [9.17, 15) is 0 Å². The van der Waals surface area contributed by atoms with Gasteiger partial charge in [0, 0.05) is 61.0 Å². The Morgan fingerprint density at radius 2 is 1.95 bits per heavy atom. The number of benzene rings is 1. The fourth-order valence-electron chi connectivity index (χ4n) is 4.84. The summed E-state index contributed by atoms with van der Waals surface area (Å²) in [5.41, 5.74) is 4.46. The summed E-state index contributed by atoms with van der Waals surface area (Å²) in [4.78, 5) is 13.0. The first kappa shape index (κ1) is 28.5. The van der Waals surface area contributed by atoms with Crippen LogP contribution in [0.15, 0.2) is 78.2 Å². The van der Waals surface area contributed by atoms with Gasteiger partial charge >= 0.3 is 0 Å². The molecule has 5 heterocycles. The monoisotopic (exact) mass is 578 g/mol. The number of nitrogens with one attached hydrogen (secondary N) is 1. The van der Waals surface area contributed by atoms with Gasteiger partial charge in [0.15, 0.2) is 12.1 Å². The SMILES string of the molecule is C[C@H](OC1CCCCO1)c1nccn1Cc1cc(-c2ccc(C#Cc3ccc(CNCCn4cncn4)nc3)cc2)on1. The van der Waals surface area contributed by atoms with Crippen LogP contribution in [0.25, 0.3) is 11.3 Å². The lowest BCUT2D eigenvalue weighted by molar-refractivity contribution is -0.188. The van der Waals surface area contributed by atoms with E-state index >= 15 is 0 Å². The van der Waals surface area contributed by atoms with Crippen LogP contribution in [0.1, 0.15) is 60.6 Å². The van der Waals surface area contributed by atoms with E-state index in [0.717, 1.165) is 72.9 Å². The van der Waals surface area contributed by atoms with E-state index < -0.39 is 0 Å². The summed E-state index contributed by atoms with van der Waals surface area (Å²) in [5.74, 6) is 7.93. The van der Waals surface area contributed by atoms with Gasteiger partial charge in [0.25, 0.3) is 0 Å². The molecule has 1 unspecified atom stereocenters. The van der Waals surface area contributed by atoms with Gasteiger partial charge in [-0.1, -0.05) is 17.0 Å². The summed E-state index contributed by atoms with van der Waals surface area (Å²) in [7, 11) is 0.